The molecule has 0 atom stereocenters. The third-order valence-corrected chi connectivity index (χ3v) is 5.53. The van der Waals surface area contributed by atoms with Crippen molar-refractivity contribution in [3.63, 3.8) is 0 Å². The van der Waals surface area contributed by atoms with E-state index in [4.69, 9.17) is 4.74 Å². The van der Waals surface area contributed by atoms with Crippen LogP contribution >= 0.6 is 0 Å². The molecule has 29 heavy (non-hydrogen) atoms. The summed E-state index contributed by atoms with van der Waals surface area (Å²) in [5, 5.41) is 0. The molecule has 3 aromatic rings. The van der Waals surface area contributed by atoms with Gasteiger partial charge in [-0.2, -0.15) is 0 Å². The van der Waals surface area contributed by atoms with Crippen LogP contribution < -0.4 is 4.74 Å². The SMILES string of the molecule is CCCCCCCCc1ccc(OCC)c(-c2cc3cc(C)ccn3c2C=O)c1. The molecule has 2 aromatic heterocycles. The Hall–Kier alpha value is -2.55. The van der Waals surface area contributed by atoms with Crippen LogP contribution in [0.2, 0.25) is 0 Å². The number of benzene rings is 1. The summed E-state index contributed by atoms with van der Waals surface area (Å²) in [5.41, 5.74) is 6.16. The molecule has 0 aliphatic rings. The lowest BCUT2D eigenvalue weighted by Crippen LogP contribution is -1.98. The highest BCUT2D eigenvalue weighted by molar-refractivity contribution is 5.91. The number of aromatic nitrogens is 1. The summed E-state index contributed by atoms with van der Waals surface area (Å²) in [5.74, 6) is 0.843. The molecule has 0 saturated carbocycles. The minimum atomic E-state index is 0.604. The van der Waals surface area contributed by atoms with E-state index in [-0.39, 0.29) is 0 Å². The fourth-order valence-electron chi connectivity index (χ4n) is 3.98. The Balaban J connectivity index is 1.90. The molecule has 0 aliphatic carbocycles. The molecule has 154 valence electrons. The third kappa shape index (κ3) is 5.09. The molecule has 0 bridgehead atoms. The number of hydrogen-bond acceptors (Lipinski definition) is 2. The van der Waals surface area contributed by atoms with Crippen LogP contribution in [0.15, 0.2) is 42.6 Å². The van der Waals surface area contributed by atoms with E-state index in [0.717, 1.165) is 35.1 Å². The molecule has 0 fully saturated rings. The van der Waals surface area contributed by atoms with Crippen LogP contribution in [-0.2, 0) is 6.42 Å². The van der Waals surface area contributed by atoms with Crippen LogP contribution in [0.5, 0.6) is 5.75 Å². The van der Waals surface area contributed by atoms with Gasteiger partial charge in [0, 0.05) is 22.8 Å². The molecule has 0 amide bonds. The minimum absolute atomic E-state index is 0.604. The summed E-state index contributed by atoms with van der Waals surface area (Å²) in [4.78, 5) is 12.0. The van der Waals surface area contributed by atoms with Gasteiger partial charge in [-0.25, -0.2) is 0 Å². The first-order valence-corrected chi connectivity index (χ1v) is 11.0. The highest BCUT2D eigenvalue weighted by Gasteiger charge is 2.16. The quantitative estimate of drug-likeness (QED) is 0.259. The Morgan fingerprint density at radius 3 is 2.48 bits per heavy atom. The zero-order chi connectivity index (χ0) is 20.6. The number of fused-ring (bicyclic) bond motifs is 1. The van der Waals surface area contributed by atoms with Gasteiger partial charge in [0.25, 0.3) is 0 Å². The maximum absolute atomic E-state index is 12.0. The van der Waals surface area contributed by atoms with Gasteiger partial charge in [0.05, 0.1) is 12.3 Å². The lowest BCUT2D eigenvalue weighted by Gasteiger charge is -2.12. The summed E-state index contributed by atoms with van der Waals surface area (Å²) in [6.07, 6.45) is 11.7. The number of aldehydes is 1. The standard InChI is InChI=1S/C26H33NO2/c1-4-6-7-8-9-10-11-21-12-13-26(29-5-2)24(17-21)23-18-22-16-20(3)14-15-27(22)25(23)19-28/h12-19H,4-11H2,1-3H3. The predicted molar refractivity (Wildman–Crippen MR) is 121 cm³/mol. The summed E-state index contributed by atoms with van der Waals surface area (Å²) in [7, 11) is 0. The average molecular weight is 392 g/mol. The molecule has 0 aliphatic heterocycles. The van der Waals surface area contributed by atoms with Crippen LogP contribution in [0.4, 0.5) is 0 Å². The van der Waals surface area contributed by atoms with Gasteiger partial charge in [0.1, 0.15) is 5.75 Å². The van der Waals surface area contributed by atoms with Crippen molar-refractivity contribution in [2.24, 2.45) is 0 Å². The van der Waals surface area contributed by atoms with Crippen LogP contribution in [0.25, 0.3) is 16.6 Å². The summed E-state index contributed by atoms with van der Waals surface area (Å²) >= 11 is 0. The Bertz CT molecular complexity index is 955. The van der Waals surface area contributed by atoms with Crippen molar-refractivity contribution in [2.75, 3.05) is 6.61 Å². The lowest BCUT2D eigenvalue weighted by atomic mass is 9.98. The summed E-state index contributed by atoms with van der Waals surface area (Å²) in [6.45, 7) is 6.92. The molecule has 3 nitrogen and oxygen atoms in total. The van der Waals surface area contributed by atoms with Crippen molar-refractivity contribution in [2.45, 2.75) is 65.7 Å². The third-order valence-electron chi connectivity index (χ3n) is 5.53. The molecule has 2 heterocycles. The normalized spacial score (nSPS) is 11.1. The zero-order valence-electron chi connectivity index (χ0n) is 18.0. The number of aryl methyl sites for hydroxylation is 2. The van der Waals surface area contributed by atoms with Crippen molar-refractivity contribution >= 4 is 11.8 Å². The summed E-state index contributed by atoms with van der Waals surface area (Å²) < 4.78 is 7.87. The van der Waals surface area contributed by atoms with E-state index < -0.39 is 0 Å². The molecule has 0 saturated heterocycles. The number of nitrogens with zero attached hydrogens (tertiary/aromatic N) is 1. The van der Waals surface area contributed by atoms with E-state index in [2.05, 4.69) is 44.2 Å². The predicted octanol–water partition coefficient (Wildman–Crippen LogP) is 7.03. The van der Waals surface area contributed by atoms with E-state index in [1.165, 1.54) is 49.7 Å². The maximum Gasteiger partial charge on any atom is 0.167 e. The number of carbonyl (C=O) groups excluding carboxylic acids is 1. The molecule has 0 unspecified atom stereocenters. The monoisotopic (exact) mass is 391 g/mol. The van der Waals surface area contributed by atoms with Crippen molar-refractivity contribution in [3.05, 3.63) is 59.4 Å². The van der Waals surface area contributed by atoms with Crippen molar-refractivity contribution in [1.82, 2.24) is 4.40 Å². The van der Waals surface area contributed by atoms with E-state index in [0.29, 0.717) is 12.3 Å². The lowest BCUT2D eigenvalue weighted by molar-refractivity contribution is 0.111. The van der Waals surface area contributed by atoms with Crippen molar-refractivity contribution < 1.29 is 9.53 Å². The molecule has 0 N–H and O–H groups in total. The van der Waals surface area contributed by atoms with Gasteiger partial charge in [0.15, 0.2) is 6.29 Å². The van der Waals surface area contributed by atoms with Gasteiger partial charge >= 0.3 is 0 Å². The fourth-order valence-corrected chi connectivity index (χ4v) is 3.98. The molecular formula is C26H33NO2. The highest BCUT2D eigenvalue weighted by Crippen LogP contribution is 2.35. The van der Waals surface area contributed by atoms with Gasteiger partial charge in [-0.15, -0.1) is 0 Å². The topological polar surface area (TPSA) is 30.7 Å². The van der Waals surface area contributed by atoms with Gasteiger partial charge in [-0.05, 0) is 68.1 Å². The number of rotatable bonds is 11. The number of ether oxygens (including phenoxy) is 1. The van der Waals surface area contributed by atoms with Crippen molar-refractivity contribution in [1.29, 1.82) is 0 Å². The number of unbranched alkanes of at least 4 members (excludes halogenated alkanes) is 5. The maximum atomic E-state index is 12.0. The zero-order valence-corrected chi connectivity index (χ0v) is 18.0. The average Bonchev–Trinajstić information content (AvgIpc) is 3.09. The first-order valence-electron chi connectivity index (χ1n) is 11.0. The molecule has 3 heteroatoms. The van der Waals surface area contributed by atoms with Crippen LogP contribution in [-0.4, -0.2) is 17.3 Å². The van der Waals surface area contributed by atoms with Gasteiger partial charge in [-0.3, -0.25) is 4.79 Å². The van der Waals surface area contributed by atoms with Gasteiger partial charge in [0.2, 0.25) is 0 Å². The fraction of sp³-hybridized carbons (Fsp3) is 0.423. The second kappa shape index (κ2) is 10.3. The highest BCUT2D eigenvalue weighted by atomic mass is 16.5. The Morgan fingerprint density at radius 1 is 0.931 bits per heavy atom. The molecule has 3 rings (SSSR count). The van der Waals surface area contributed by atoms with E-state index >= 15 is 0 Å². The van der Waals surface area contributed by atoms with E-state index in [1.54, 1.807) is 0 Å². The Kier molecular flexibility index (Phi) is 7.51. The van der Waals surface area contributed by atoms with Gasteiger partial charge < -0.3 is 9.14 Å². The number of pyridine rings is 1. The molecular weight excluding hydrogens is 358 g/mol. The number of hydrogen-bond donors (Lipinski definition) is 0. The smallest absolute Gasteiger partial charge is 0.167 e. The van der Waals surface area contributed by atoms with Crippen LogP contribution in [0.3, 0.4) is 0 Å². The Morgan fingerprint density at radius 2 is 1.72 bits per heavy atom. The van der Waals surface area contributed by atoms with Crippen LogP contribution in [0.1, 0.15) is 74.0 Å². The number of carbonyl (C=O) groups is 1. The van der Waals surface area contributed by atoms with Crippen molar-refractivity contribution in [3.8, 4) is 16.9 Å². The molecule has 0 spiro atoms. The Labute approximate surface area is 174 Å². The molecule has 0 radical (unpaired) electrons. The first-order chi connectivity index (χ1) is 14.2. The second-order valence-electron chi connectivity index (χ2n) is 7.84. The minimum Gasteiger partial charge on any atom is -0.493 e. The largest absolute Gasteiger partial charge is 0.493 e. The van der Waals surface area contributed by atoms with E-state index in [9.17, 15) is 4.79 Å². The van der Waals surface area contributed by atoms with E-state index in [1.807, 2.05) is 23.6 Å². The van der Waals surface area contributed by atoms with Crippen LogP contribution in [0, 0.1) is 6.92 Å². The molecule has 1 aromatic carbocycles. The second-order valence-corrected chi connectivity index (χ2v) is 7.84. The van der Waals surface area contributed by atoms with Gasteiger partial charge in [-0.1, -0.05) is 45.1 Å². The first kappa shape index (κ1) is 21.2. The summed E-state index contributed by atoms with van der Waals surface area (Å²) in [6, 6.07) is 12.7.